The molecule has 1 saturated carbocycles. The summed E-state index contributed by atoms with van der Waals surface area (Å²) in [6, 6.07) is 1.93. The highest BCUT2D eigenvalue weighted by Crippen LogP contribution is 2.38. The maximum absolute atomic E-state index is 10.5. The van der Waals surface area contributed by atoms with Gasteiger partial charge in [0.15, 0.2) is 0 Å². The third-order valence-corrected chi connectivity index (χ3v) is 2.01. The summed E-state index contributed by atoms with van der Waals surface area (Å²) in [5.41, 5.74) is 6.94. The molecule has 0 atom stereocenters. The number of hydrogen-bond donors (Lipinski definition) is 2. The van der Waals surface area contributed by atoms with Crippen LogP contribution in [0, 0.1) is 0 Å². The molecule has 0 radical (unpaired) electrons. The molecule has 1 amide bonds. The van der Waals surface area contributed by atoms with Gasteiger partial charge in [0.2, 0.25) is 5.91 Å². The summed E-state index contributed by atoms with van der Waals surface area (Å²) < 4.78 is 0. The van der Waals surface area contributed by atoms with Crippen molar-refractivity contribution in [3.05, 3.63) is 17.5 Å². The van der Waals surface area contributed by atoms with Crippen LogP contribution in [0.5, 0.6) is 0 Å². The lowest BCUT2D eigenvalue weighted by atomic mass is 10.2. The number of rotatable bonds is 3. The molecule has 64 valence electrons. The van der Waals surface area contributed by atoms with Crippen LogP contribution in [0.4, 0.5) is 0 Å². The molecule has 0 aliphatic heterocycles. The molecular formula is C8H11N3O. The van der Waals surface area contributed by atoms with Crippen molar-refractivity contribution in [3.63, 3.8) is 0 Å². The number of H-pyrrole nitrogens is 1. The molecule has 3 N–H and O–H groups in total. The average molecular weight is 165 g/mol. The minimum atomic E-state index is -0.319. The number of primary amides is 1. The fourth-order valence-electron chi connectivity index (χ4n) is 1.25. The summed E-state index contributed by atoms with van der Waals surface area (Å²) in [6.45, 7) is 0. The third kappa shape index (κ3) is 1.47. The highest BCUT2D eigenvalue weighted by molar-refractivity contribution is 5.76. The van der Waals surface area contributed by atoms with Crippen LogP contribution in [0.25, 0.3) is 0 Å². The first-order valence-electron chi connectivity index (χ1n) is 4.08. The van der Waals surface area contributed by atoms with Gasteiger partial charge in [-0.25, -0.2) is 0 Å². The van der Waals surface area contributed by atoms with Gasteiger partial charge in [-0.3, -0.25) is 9.89 Å². The molecule has 4 nitrogen and oxygen atoms in total. The number of amides is 1. The number of nitrogens with zero attached hydrogens (tertiary/aromatic N) is 1. The smallest absolute Gasteiger partial charge is 0.223 e. The minimum Gasteiger partial charge on any atom is -0.369 e. The molecule has 12 heavy (non-hydrogen) atoms. The molecule has 0 aromatic carbocycles. The van der Waals surface area contributed by atoms with E-state index in [0.29, 0.717) is 5.92 Å². The first-order chi connectivity index (χ1) is 5.75. The molecule has 0 spiro atoms. The van der Waals surface area contributed by atoms with Crippen LogP contribution < -0.4 is 5.73 Å². The Morgan fingerprint density at radius 2 is 2.50 bits per heavy atom. The van der Waals surface area contributed by atoms with E-state index in [-0.39, 0.29) is 12.3 Å². The van der Waals surface area contributed by atoms with Gasteiger partial charge in [-0.2, -0.15) is 5.10 Å². The Labute approximate surface area is 70.1 Å². The third-order valence-electron chi connectivity index (χ3n) is 2.01. The summed E-state index contributed by atoms with van der Waals surface area (Å²) in [7, 11) is 0. The van der Waals surface area contributed by atoms with E-state index >= 15 is 0 Å². The van der Waals surface area contributed by atoms with Crippen LogP contribution in [0.3, 0.4) is 0 Å². The van der Waals surface area contributed by atoms with E-state index in [1.165, 1.54) is 12.8 Å². The molecule has 1 aromatic heterocycles. The van der Waals surface area contributed by atoms with Crippen LogP contribution in [-0.4, -0.2) is 16.1 Å². The van der Waals surface area contributed by atoms with Gasteiger partial charge in [-0.05, 0) is 18.9 Å². The maximum Gasteiger partial charge on any atom is 0.223 e. The van der Waals surface area contributed by atoms with E-state index in [2.05, 4.69) is 10.2 Å². The topological polar surface area (TPSA) is 71.8 Å². The van der Waals surface area contributed by atoms with E-state index < -0.39 is 0 Å². The van der Waals surface area contributed by atoms with Crippen LogP contribution >= 0.6 is 0 Å². The molecule has 1 fully saturated rings. The second-order valence-corrected chi connectivity index (χ2v) is 3.24. The molecule has 0 bridgehead atoms. The van der Waals surface area contributed by atoms with Crippen LogP contribution in [0.15, 0.2) is 6.07 Å². The molecule has 0 unspecified atom stereocenters. The van der Waals surface area contributed by atoms with E-state index in [4.69, 9.17) is 5.73 Å². The van der Waals surface area contributed by atoms with E-state index in [0.717, 1.165) is 11.4 Å². The van der Waals surface area contributed by atoms with Crippen LogP contribution in [-0.2, 0) is 11.2 Å². The largest absolute Gasteiger partial charge is 0.369 e. The Morgan fingerprint density at radius 1 is 1.75 bits per heavy atom. The van der Waals surface area contributed by atoms with Gasteiger partial charge in [0.1, 0.15) is 0 Å². The van der Waals surface area contributed by atoms with E-state index in [1.807, 2.05) is 6.07 Å². The first kappa shape index (κ1) is 7.34. The molecule has 1 heterocycles. The number of hydrogen-bond acceptors (Lipinski definition) is 2. The van der Waals surface area contributed by atoms with Crippen LogP contribution in [0.1, 0.15) is 30.1 Å². The van der Waals surface area contributed by atoms with Gasteiger partial charge >= 0.3 is 0 Å². The van der Waals surface area contributed by atoms with Gasteiger partial charge in [-0.15, -0.1) is 0 Å². The second-order valence-electron chi connectivity index (χ2n) is 3.24. The van der Waals surface area contributed by atoms with Crippen molar-refractivity contribution in [1.29, 1.82) is 0 Å². The second kappa shape index (κ2) is 2.62. The zero-order valence-corrected chi connectivity index (χ0v) is 6.71. The van der Waals surface area contributed by atoms with Gasteiger partial charge in [0.25, 0.3) is 0 Å². The number of carbonyl (C=O) groups excluding carboxylic acids is 1. The fraction of sp³-hybridized carbons (Fsp3) is 0.500. The maximum atomic E-state index is 10.5. The highest BCUT2D eigenvalue weighted by Gasteiger charge is 2.26. The van der Waals surface area contributed by atoms with Crippen molar-refractivity contribution < 1.29 is 4.79 Å². The zero-order chi connectivity index (χ0) is 8.55. The standard InChI is InChI=1S/C8H11N3O/c9-8(12)4-6-3-7(11-10-6)5-1-2-5/h3,5H,1-2,4H2,(H2,9,12)(H,10,11). The number of aromatic nitrogens is 2. The SMILES string of the molecule is NC(=O)Cc1cc(C2CC2)n[nH]1. The van der Waals surface area contributed by atoms with Crippen molar-refractivity contribution in [2.45, 2.75) is 25.2 Å². The Balaban J connectivity index is 2.07. The summed E-state index contributed by atoms with van der Waals surface area (Å²) in [4.78, 5) is 10.5. The first-order valence-corrected chi connectivity index (χ1v) is 4.08. The van der Waals surface area contributed by atoms with Crippen molar-refractivity contribution in [1.82, 2.24) is 10.2 Å². The van der Waals surface area contributed by atoms with Crippen LogP contribution in [0.2, 0.25) is 0 Å². The molecular weight excluding hydrogens is 154 g/mol. The molecule has 1 aromatic rings. The summed E-state index contributed by atoms with van der Waals surface area (Å²) in [5, 5.41) is 6.91. The monoisotopic (exact) mass is 165 g/mol. The molecule has 1 aliphatic carbocycles. The van der Waals surface area contributed by atoms with Crippen molar-refractivity contribution in [2.75, 3.05) is 0 Å². The molecule has 1 aliphatic rings. The van der Waals surface area contributed by atoms with Gasteiger partial charge in [0, 0.05) is 11.6 Å². The summed E-state index contributed by atoms with van der Waals surface area (Å²) >= 11 is 0. The normalized spacial score (nSPS) is 16.3. The number of nitrogens with one attached hydrogen (secondary N) is 1. The zero-order valence-electron chi connectivity index (χ0n) is 6.71. The summed E-state index contributed by atoms with van der Waals surface area (Å²) in [6.07, 6.45) is 2.71. The Hall–Kier alpha value is -1.32. The van der Waals surface area contributed by atoms with Crippen molar-refractivity contribution in [3.8, 4) is 0 Å². The lowest BCUT2D eigenvalue weighted by Gasteiger charge is -1.87. The molecule has 0 saturated heterocycles. The van der Waals surface area contributed by atoms with E-state index in [1.54, 1.807) is 0 Å². The van der Waals surface area contributed by atoms with Gasteiger partial charge in [-0.1, -0.05) is 0 Å². The number of aromatic amines is 1. The molecule has 4 heteroatoms. The van der Waals surface area contributed by atoms with E-state index in [9.17, 15) is 4.79 Å². The fourth-order valence-corrected chi connectivity index (χ4v) is 1.25. The minimum absolute atomic E-state index is 0.264. The number of nitrogens with two attached hydrogens (primary N) is 1. The predicted molar refractivity (Wildman–Crippen MR) is 43.5 cm³/mol. The van der Waals surface area contributed by atoms with Gasteiger partial charge < -0.3 is 5.73 Å². The van der Waals surface area contributed by atoms with Gasteiger partial charge in [0.05, 0.1) is 12.1 Å². The lowest BCUT2D eigenvalue weighted by molar-refractivity contribution is -0.117. The quantitative estimate of drug-likeness (QED) is 0.676. The Bertz CT molecular complexity index is 301. The summed E-state index contributed by atoms with van der Waals surface area (Å²) in [5.74, 6) is 0.309. The molecule has 2 rings (SSSR count). The lowest BCUT2D eigenvalue weighted by Crippen LogP contribution is -2.13. The predicted octanol–water partition coefficient (Wildman–Crippen LogP) is 0.315. The Kier molecular flexibility index (Phi) is 1.60. The van der Waals surface area contributed by atoms with Crippen molar-refractivity contribution >= 4 is 5.91 Å². The number of carbonyl (C=O) groups is 1. The highest BCUT2D eigenvalue weighted by atomic mass is 16.1. The average Bonchev–Trinajstić information content (AvgIpc) is 2.73. The van der Waals surface area contributed by atoms with Crippen molar-refractivity contribution in [2.24, 2.45) is 5.73 Å². The Morgan fingerprint density at radius 3 is 3.08 bits per heavy atom.